The molecule has 0 rings (SSSR count). The van der Waals surface area contributed by atoms with Gasteiger partial charge in [0.25, 0.3) is 0 Å². The van der Waals surface area contributed by atoms with Crippen LogP contribution in [0.5, 0.6) is 0 Å². The summed E-state index contributed by atoms with van der Waals surface area (Å²) in [5.74, 6) is 0.866. The van der Waals surface area contributed by atoms with Gasteiger partial charge in [0.1, 0.15) is 19.3 Å². The molecule has 0 aromatic heterocycles. The third kappa shape index (κ3) is 57.2. The molecule has 8 atom stereocenters. The number of hydrogen-bond donors (Lipinski definition) is 3. The molecule has 17 nitrogen and oxygen atoms in total. The minimum absolute atomic E-state index is 0.102. The summed E-state index contributed by atoms with van der Waals surface area (Å²) in [6, 6.07) is 0. The van der Waals surface area contributed by atoms with Gasteiger partial charge in [-0.3, -0.25) is 37.3 Å². The Morgan fingerprint density at radius 3 is 0.826 bits per heavy atom. The second-order valence-electron chi connectivity index (χ2n) is 25.4. The molecule has 0 radical (unpaired) electrons. The number of carbonyl (C=O) groups is 4. The van der Waals surface area contributed by atoms with Crippen LogP contribution in [0.3, 0.4) is 0 Å². The number of hydrogen-bond acceptors (Lipinski definition) is 15. The third-order valence-electron chi connectivity index (χ3n) is 16.4. The Kier molecular flexibility index (Phi) is 55.7. The molecule has 0 aromatic carbocycles. The lowest BCUT2D eigenvalue weighted by Crippen LogP contribution is -2.30. The summed E-state index contributed by atoms with van der Waals surface area (Å²) in [5, 5.41) is 10.6. The van der Waals surface area contributed by atoms with Crippen LogP contribution in [0.25, 0.3) is 0 Å². The van der Waals surface area contributed by atoms with Crippen LogP contribution < -0.4 is 0 Å². The molecule has 0 aliphatic carbocycles. The Balaban J connectivity index is 5.26. The van der Waals surface area contributed by atoms with Gasteiger partial charge in [0.2, 0.25) is 0 Å². The first kappa shape index (κ1) is 84.1. The van der Waals surface area contributed by atoms with E-state index in [-0.39, 0.29) is 25.7 Å². The van der Waals surface area contributed by atoms with Gasteiger partial charge in [0, 0.05) is 25.7 Å². The van der Waals surface area contributed by atoms with Crippen molar-refractivity contribution in [2.24, 2.45) is 23.7 Å². The minimum Gasteiger partial charge on any atom is -0.462 e. The Morgan fingerprint density at radius 2 is 0.558 bits per heavy atom. The van der Waals surface area contributed by atoms with Gasteiger partial charge in [-0.1, -0.05) is 274 Å². The van der Waals surface area contributed by atoms with E-state index in [2.05, 4.69) is 55.4 Å². The molecule has 510 valence electrons. The number of phosphoric acid groups is 2. The second-order valence-corrected chi connectivity index (χ2v) is 28.3. The van der Waals surface area contributed by atoms with Crippen molar-refractivity contribution in [1.29, 1.82) is 0 Å². The molecule has 3 N–H and O–H groups in total. The highest BCUT2D eigenvalue weighted by Crippen LogP contribution is 2.45. The largest absolute Gasteiger partial charge is 0.472 e. The first-order valence-corrected chi connectivity index (χ1v) is 37.8. The van der Waals surface area contributed by atoms with Crippen LogP contribution in [0.15, 0.2) is 0 Å². The van der Waals surface area contributed by atoms with Crippen molar-refractivity contribution in [1.82, 2.24) is 0 Å². The number of aliphatic hydroxyl groups excluding tert-OH is 1. The van der Waals surface area contributed by atoms with Gasteiger partial charge in [-0.25, -0.2) is 9.13 Å². The van der Waals surface area contributed by atoms with E-state index in [1.807, 2.05) is 0 Å². The maximum absolute atomic E-state index is 13.0. The van der Waals surface area contributed by atoms with E-state index in [9.17, 15) is 43.2 Å². The van der Waals surface area contributed by atoms with E-state index in [0.29, 0.717) is 31.6 Å². The number of aliphatic hydroxyl groups is 1. The zero-order chi connectivity index (χ0) is 63.9. The monoisotopic (exact) mass is 1270 g/mol. The fourth-order valence-corrected chi connectivity index (χ4v) is 11.4. The van der Waals surface area contributed by atoms with Gasteiger partial charge < -0.3 is 33.8 Å². The van der Waals surface area contributed by atoms with Crippen molar-refractivity contribution >= 4 is 39.5 Å². The van der Waals surface area contributed by atoms with Crippen LogP contribution in [0.2, 0.25) is 0 Å². The summed E-state index contributed by atoms with van der Waals surface area (Å²) in [4.78, 5) is 72.4. The number of phosphoric ester groups is 2. The van der Waals surface area contributed by atoms with Crippen molar-refractivity contribution < 1.29 is 80.2 Å². The van der Waals surface area contributed by atoms with Crippen LogP contribution >= 0.6 is 15.6 Å². The Labute approximate surface area is 524 Å². The van der Waals surface area contributed by atoms with Crippen molar-refractivity contribution in [3.05, 3.63) is 0 Å². The highest BCUT2D eigenvalue weighted by Gasteiger charge is 2.30. The Hall–Kier alpha value is -1.94. The van der Waals surface area contributed by atoms with Gasteiger partial charge in [0.15, 0.2) is 12.2 Å². The van der Waals surface area contributed by atoms with Crippen LogP contribution in [0, 0.1) is 23.7 Å². The molecule has 0 heterocycles. The van der Waals surface area contributed by atoms with Crippen molar-refractivity contribution in [2.75, 3.05) is 39.6 Å². The summed E-state index contributed by atoms with van der Waals surface area (Å²) >= 11 is 0. The van der Waals surface area contributed by atoms with E-state index in [4.69, 9.17) is 37.0 Å². The van der Waals surface area contributed by atoms with Gasteiger partial charge in [-0.15, -0.1) is 0 Å². The summed E-state index contributed by atoms with van der Waals surface area (Å²) in [5.41, 5.74) is 0. The fourth-order valence-electron chi connectivity index (χ4n) is 9.86. The molecule has 86 heavy (non-hydrogen) atoms. The maximum Gasteiger partial charge on any atom is 0.472 e. The van der Waals surface area contributed by atoms with E-state index in [1.165, 1.54) is 122 Å². The average Bonchev–Trinajstić information content (AvgIpc) is 3.59. The minimum atomic E-state index is -4.95. The lowest BCUT2D eigenvalue weighted by Gasteiger charge is -2.21. The number of ether oxygens (including phenoxy) is 4. The maximum atomic E-state index is 13.0. The molecule has 0 bridgehead atoms. The Bertz CT molecular complexity index is 1720. The highest BCUT2D eigenvalue weighted by atomic mass is 31.2. The quantitative estimate of drug-likeness (QED) is 0.0222. The molecule has 0 aromatic rings. The van der Waals surface area contributed by atoms with Crippen molar-refractivity contribution in [2.45, 2.75) is 343 Å². The highest BCUT2D eigenvalue weighted by molar-refractivity contribution is 7.47. The number of unbranched alkanes of at least 4 members (excludes halogenated alkanes) is 27. The average molecular weight is 1270 g/mol. The predicted molar refractivity (Wildman–Crippen MR) is 344 cm³/mol. The third-order valence-corrected chi connectivity index (χ3v) is 18.3. The van der Waals surface area contributed by atoms with Gasteiger partial charge in [-0.05, 0) is 49.4 Å². The number of esters is 4. The molecular weight excluding hydrogens is 1140 g/mol. The van der Waals surface area contributed by atoms with Gasteiger partial charge >= 0.3 is 39.5 Å². The zero-order valence-corrected chi connectivity index (χ0v) is 57.7. The van der Waals surface area contributed by atoms with E-state index in [1.54, 1.807) is 0 Å². The molecule has 0 amide bonds. The molecule has 0 saturated carbocycles. The number of rotatable bonds is 64. The van der Waals surface area contributed by atoms with Gasteiger partial charge in [0.05, 0.1) is 26.4 Å². The summed E-state index contributed by atoms with van der Waals surface area (Å²) < 4.78 is 68.1. The Morgan fingerprint density at radius 1 is 0.326 bits per heavy atom. The molecular formula is C67H130O17P2. The lowest BCUT2D eigenvalue weighted by molar-refractivity contribution is -0.161. The predicted octanol–water partition coefficient (Wildman–Crippen LogP) is 18.5. The van der Waals surface area contributed by atoms with E-state index in [0.717, 1.165) is 114 Å². The topological polar surface area (TPSA) is 237 Å². The summed E-state index contributed by atoms with van der Waals surface area (Å²) in [6.45, 7) is 14.0. The lowest BCUT2D eigenvalue weighted by atomic mass is 9.99. The molecule has 6 unspecified atom stereocenters. The second kappa shape index (κ2) is 57.0. The van der Waals surface area contributed by atoms with Crippen LogP contribution in [0.4, 0.5) is 0 Å². The molecule has 19 heteroatoms. The molecule has 0 spiro atoms. The van der Waals surface area contributed by atoms with Crippen molar-refractivity contribution in [3.63, 3.8) is 0 Å². The smallest absolute Gasteiger partial charge is 0.462 e. The van der Waals surface area contributed by atoms with Crippen LogP contribution in [-0.2, 0) is 65.4 Å². The SMILES string of the molecule is CCC(C)CCCCCCCCCCCCC(=O)OC[C@H](COP(=O)(O)OCC(O)COP(=O)(O)OC[C@@H](COC(=O)CCCCCCCCCC(C)C)OC(=O)CCCCCCCCC(C)CC)OC(=O)CCCCCCCCCCC(C)CC. The zero-order valence-electron chi connectivity index (χ0n) is 55.9. The molecule has 0 aliphatic heterocycles. The van der Waals surface area contributed by atoms with Crippen LogP contribution in [-0.4, -0.2) is 96.7 Å². The van der Waals surface area contributed by atoms with E-state index >= 15 is 0 Å². The summed E-state index contributed by atoms with van der Waals surface area (Å²) in [7, 11) is -9.90. The first-order valence-electron chi connectivity index (χ1n) is 34.8. The first-order chi connectivity index (χ1) is 41.2. The molecule has 0 fully saturated rings. The fraction of sp³-hybridized carbons (Fsp3) is 0.940. The standard InChI is InChI=1S/C67H130O17P2/c1-9-58(6)44-36-28-20-14-12-13-15-22-31-39-47-64(69)77-53-62(83-66(71)49-41-33-23-17-16-21-29-37-45-59(7)10-2)55-81-85(73,74)79-51-61(68)52-80-86(75,76)82-56-63(84-67(72)50-42-34-26-25-30-38-46-60(8)11-3)54-78-65(70)48-40-32-24-18-19-27-35-43-57(4)5/h57-63,68H,9-56H2,1-8H3,(H,73,74)(H,75,76)/t58?,59?,60?,61?,62-,63-/m1/s1. The summed E-state index contributed by atoms with van der Waals surface area (Å²) in [6.07, 6.45) is 37.5. The molecule has 0 saturated heterocycles. The number of carbonyl (C=O) groups excluding carboxylic acids is 4. The van der Waals surface area contributed by atoms with Crippen molar-refractivity contribution in [3.8, 4) is 0 Å². The van der Waals surface area contributed by atoms with E-state index < -0.39 is 97.5 Å². The van der Waals surface area contributed by atoms with Gasteiger partial charge in [-0.2, -0.15) is 0 Å². The normalized spacial score (nSPS) is 15.3. The van der Waals surface area contributed by atoms with Crippen LogP contribution in [0.1, 0.15) is 325 Å². The molecule has 0 aliphatic rings.